The molecule has 78 valence electrons. The maximum Gasteiger partial charge on any atom is 0.344 e. The van der Waals surface area contributed by atoms with E-state index in [4.69, 9.17) is 9.26 Å². The van der Waals surface area contributed by atoms with E-state index in [0.29, 0.717) is 17.7 Å². The van der Waals surface area contributed by atoms with Gasteiger partial charge in [0.25, 0.3) is 5.88 Å². The summed E-state index contributed by atoms with van der Waals surface area (Å²) in [5, 5.41) is 4.14. The molecule has 0 aromatic carbocycles. The van der Waals surface area contributed by atoms with E-state index < -0.39 is 5.97 Å². The van der Waals surface area contributed by atoms with Crippen LogP contribution in [0.3, 0.4) is 0 Å². The summed E-state index contributed by atoms with van der Waals surface area (Å²) in [6.07, 6.45) is 0. The van der Waals surface area contributed by atoms with Crippen molar-refractivity contribution in [1.82, 2.24) is 5.16 Å². The van der Waals surface area contributed by atoms with Crippen molar-refractivity contribution in [3.63, 3.8) is 0 Å². The van der Waals surface area contributed by atoms with Crippen LogP contribution in [-0.4, -0.2) is 24.3 Å². The van der Waals surface area contributed by atoms with E-state index in [2.05, 4.69) is 25.8 Å². The highest BCUT2D eigenvalue weighted by molar-refractivity contribution is 9.08. The van der Waals surface area contributed by atoms with Gasteiger partial charge in [-0.3, -0.25) is 0 Å². The van der Waals surface area contributed by atoms with E-state index in [1.807, 2.05) is 0 Å². The first-order valence-electron chi connectivity index (χ1n) is 4.06. The molecular weight excluding hydrogens is 254 g/mol. The quantitative estimate of drug-likeness (QED) is 0.596. The number of halogens is 1. The van der Waals surface area contributed by atoms with Crippen LogP contribution in [0.25, 0.3) is 0 Å². The van der Waals surface area contributed by atoms with Crippen LogP contribution in [0.15, 0.2) is 10.6 Å². The number of nitrogens with zero attached hydrogens (tertiary/aromatic N) is 1. The minimum absolute atomic E-state index is 0.151. The number of ether oxygens (including phenoxy) is 2. The molecule has 1 rings (SSSR count). The van der Waals surface area contributed by atoms with Crippen molar-refractivity contribution in [3.8, 4) is 5.88 Å². The van der Waals surface area contributed by atoms with Crippen molar-refractivity contribution in [2.45, 2.75) is 12.3 Å². The van der Waals surface area contributed by atoms with Gasteiger partial charge >= 0.3 is 5.97 Å². The van der Waals surface area contributed by atoms with Gasteiger partial charge in [-0.05, 0) is 12.1 Å². The summed E-state index contributed by atoms with van der Waals surface area (Å²) in [6.45, 7) is 1.92. The van der Waals surface area contributed by atoms with Crippen LogP contribution in [-0.2, 0) is 14.9 Å². The van der Waals surface area contributed by atoms with Gasteiger partial charge < -0.3 is 14.0 Å². The van der Waals surface area contributed by atoms with Gasteiger partial charge in [-0.2, -0.15) is 0 Å². The van der Waals surface area contributed by atoms with E-state index in [0.717, 1.165) is 0 Å². The van der Waals surface area contributed by atoms with Crippen molar-refractivity contribution in [2.75, 3.05) is 13.2 Å². The molecule has 6 heteroatoms. The fourth-order valence-electron chi connectivity index (χ4n) is 0.761. The highest BCUT2D eigenvalue weighted by Gasteiger charge is 2.07. The predicted octanol–water partition coefficient (Wildman–Crippen LogP) is 1.51. The SMILES string of the molecule is CCOC(=O)COc1cc(CBr)on1. The van der Waals surface area contributed by atoms with E-state index in [1.54, 1.807) is 13.0 Å². The Labute approximate surface area is 89.5 Å². The third-order valence-corrected chi connectivity index (χ3v) is 1.86. The molecule has 0 fully saturated rings. The average Bonchev–Trinajstić information content (AvgIpc) is 2.63. The Bertz CT molecular complexity index is 299. The fourth-order valence-corrected chi connectivity index (χ4v) is 1.02. The zero-order chi connectivity index (χ0) is 10.4. The van der Waals surface area contributed by atoms with Gasteiger partial charge in [-0.25, -0.2) is 4.79 Å². The van der Waals surface area contributed by atoms with Crippen molar-refractivity contribution < 1.29 is 18.8 Å². The van der Waals surface area contributed by atoms with E-state index in [1.165, 1.54) is 0 Å². The summed E-state index contributed by atoms with van der Waals surface area (Å²) in [6, 6.07) is 1.61. The molecule has 0 saturated heterocycles. The second-order valence-corrected chi connectivity index (χ2v) is 2.92. The van der Waals surface area contributed by atoms with Crippen LogP contribution in [0.5, 0.6) is 5.88 Å². The van der Waals surface area contributed by atoms with Gasteiger partial charge in [-0.15, -0.1) is 0 Å². The molecule has 0 aliphatic heterocycles. The van der Waals surface area contributed by atoms with Crippen LogP contribution in [0.4, 0.5) is 0 Å². The maximum atomic E-state index is 10.9. The molecule has 5 nitrogen and oxygen atoms in total. The molecule has 0 aliphatic rings. The average molecular weight is 264 g/mol. The summed E-state index contributed by atoms with van der Waals surface area (Å²) in [4.78, 5) is 10.9. The first kappa shape index (κ1) is 11.0. The number of carbonyl (C=O) groups excluding carboxylic acids is 1. The smallest absolute Gasteiger partial charge is 0.344 e. The lowest BCUT2D eigenvalue weighted by Crippen LogP contribution is -2.14. The Morgan fingerprint density at radius 2 is 2.50 bits per heavy atom. The van der Waals surface area contributed by atoms with Crippen LogP contribution in [0, 0.1) is 0 Å². The molecule has 1 heterocycles. The van der Waals surface area contributed by atoms with Crippen LogP contribution in [0.2, 0.25) is 0 Å². The molecular formula is C8H10BrNO4. The zero-order valence-electron chi connectivity index (χ0n) is 7.66. The predicted molar refractivity (Wildman–Crippen MR) is 51.3 cm³/mol. The third kappa shape index (κ3) is 3.37. The molecule has 0 N–H and O–H groups in total. The zero-order valence-corrected chi connectivity index (χ0v) is 9.24. The Morgan fingerprint density at radius 1 is 1.71 bits per heavy atom. The topological polar surface area (TPSA) is 61.6 Å². The van der Waals surface area contributed by atoms with Gasteiger partial charge in [0.1, 0.15) is 0 Å². The maximum absolute atomic E-state index is 10.9. The fraction of sp³-hybridized carbons (Fsp3) is 0.500. The Balaban J connectivity index is 2.34. The Morgan fingerprint density at radius 3 is 3.07 bits per heavy atom. The summed E-state index contributed by atoms with van der Waals surface area (Å²) >= 11 is 3.19. The summed E-state index contributed by atoms with van der Waals surface area (Å²) in [7, 11) is 0. The van der Waals surface area contributed by atoms with Crippen LogP contribution < -0.4 is 4.74 Å². The number of hydrogen-bond acceptors (Lipinski definition) is 5. The highest BCUT2D eigenvalue weighted by atomic mass is 79.9. The standard InChI is InChI=1S/C8H10BrNO4/c1-2-12-8(11)5-13-7-3-6(4-9)14-10-7/h3H,2,4-5H2,1H3. The second-order valence-electron chi connectivity index (χ2n) is 2.36. The number of esters is 1. The Kier molecular flexibility index (Phi) is 4.45. The minimum Gasteiger partial charge on any atom is -0.463 e. The lowest BCUT2D eigenvalue weighted by atomic mass is 10.5. The van der Waals surface area contributed by atoms with E-state index in [9.17, 15) is 4.79 Å². The largest absolute Gasteiger partial charge is 0.463 e. The number of carbonyl (C=O) groups is 1. The van der Waals surface area contributed by atoms with Crippen molar-refractivity contribution in [3.05, 3.63) is 11.8 Å². The van der Waals surface area contributed by atoms with Gasteiger partial charge in [0.15, 0.2) is 12.4 Å². The van der Waals surface area contributed by atoms with E-state index >= 15 is 0 Å². The monoisotopic (exact) mass is 263 g/mol. The lowest BCUT2D eigenvalue weighted by Gasteiger charge is -2.00. The van der Waals surface area contributed by atoms with Gasteiger partial charge in [-0.1, -0.05) is 15.9 Å². The summed E-state index contributed by atoms with van der Waals surface area (Å²) < 4.78 is 14.5. The van der Waals surface area contributed by atoms with Crippen LogP contribution >= 0.6 is 15.9 Å². The number of rotatable bonds is 5. The van der Waals surface area contributed by atoms with E-state index in [-0.39, 0.29) is 12.5 Å². The number of alkyl halides is 1. The first-order valence-corrected chi connectivity index (χ1v) is 5.18. The number of aromatic nitrogens is 1. The molecule has 0 amide bonds. The van der Waals surface area contributed by atoms with Crippen LogP contribution in [0.1, 0.15) is 12.7 Å². The highest BCUT2D eigenvalue weighted by Crippen LogP contribution is 2.13. The molecule has 0 atom stereocenters. The molecule has 1 aromatic heterocycles. The molecule has 0 spiro atoms. The number of hydrogen-bond donors (Lipinski definition) is 0. The molecule has 0 saturated carbocycles. The lowest BCUT2D eigenvalue weighted by molar-refractivity contribution is -0.145. The van der Waals surface area contributed by atoms with Gasteiger partial charge in [0, 0.05) is 6.07 Å². The molecule has 14 heavy (non-hydrogen) atoms. The third-order valence-electron chi connectivity index (χ3n) is 1.31. The molecule has 0 unspecified atom stereocenters. The first-order chi connectivity index (χ1) is 6.76. The van der Waals surface area contributed by atoms with Gasteiger partial charge in [0.05, 0.1) is 11.9 Å². The normalized spacial score (nSPS) is 9.86. The minimum atomic E-state index is -0.420. The molecule has 0 bridgehead atoms. The molecule has 0 aliphatic carbocycles. The summed E-state index contributed by atoms with van der Waals surface area (Å²) in [5.41, 5.74) is 0. The van der Waals surface area contributed by atoms with Crippen molar-refractivity contribution in [1.29, 1.82) is 0 Å². The van der Waals surface area contributed by atoms with Crippen molar-refractivity contribution >= 4 is 21.9 Å². The van der Waals surface area contributed by atoms with Gasteiger partial charge in [0.2, 0.25) is 0 Å². The Hall–Kier alpha value is -1.04. The molecule has 1 aromatic rings. The molecule has 0 radical (unpaired) electrons. The van der Waals surface area contributed by atoms with Crippen molar-refractivity contribution in [2.24, 2.45) is 0 Å². The second kappa shape index (κ2) is 5.64. The summed E-state index contributed by atoms with van der Waals surface area (Å²) in [5.74, 6) is 0.507.